The topological polar surface area (TPSA) is 38.9 Å². The van der Waals surface area contributed by atoms with Gasteiger partial charge in [-0.2, -0.15) is 0 Å². The van der Waals surface area contributed by atoms with Crippen molar-refractivity contribution in [2.24, 2.45) is 11.1 Å². The third kappa shape index (κ3) is 1.82. The molecule has 0 spiro atoms. The molecular weight excluding hydrogens is 254 g/mol. The highest BCUT2D eigenvalue weighted by molar-refractivity contribution is 7.18. The fourth-order valence-corrected chi connectivity index (χ4v) is 3.32. The molecule has 1 aliphatic rings. The minimum absolute atomic E-state index is 0.0604. The van der Waals surface area contributed by atoms with Crippen LogP contribution in [0.5, 0.6) is 0 Å². The summed E-state index contributed by atoms with van der Waals surface area (Å²) in [4.78, 5) is 4.46. The number of hydrogen-bond acceptors (Lipinski definition) is 3. The number of rotatable bonds is 4. The Labute approximate surface area is 108 Å². The normalized spacial score (nSPS) is 25.5. The van der Waals surface area contributed by atoms with Gasteiger partial charge >= 0.3 is 0 Å². The summed E-state index contributed by atoms with van der Waals surface area (Å²) >= 11 is 1.58. The van der Waals surface area contributed by atoms with Crippen molar-refractivity contribution in [2.45, 2.75) is 25.2 Å². The Morgan fingerprint density at radius 3 is 2.67 bits per heavy atom. The number of fused-ring (bicyclic) bond motifs is 1. The molecule has 2 nitrogen and oxygen atoms in total. The molecule has 2 N–H and O–H groups in total. The molecule has 1 atom stereocenters. The van der Waals surface area contributed by atoms with Crippen LogP contribution < -0.4 is 5.73 Å². The lowest BCUT2D eigenvalue weighted by molar-refractivity contribution is 0.0634. The van der Waals surface area contributed by atoms with Crippen molar-refractivity contribution in [1.82, 2.24) is 4.98 Å². The number of nitrogens with two attached hydrogens (primary N) is 1. The highest BCUT2D eigenvalue weighted by Crippen LogP contribution is 2.62. The number of nitrogens with zero attached hydrogens (tertiary/aromatic N) is 1. The molecule has 96 valence electrons. The van der Waals surface area contributed by atoms with Gasteiger partial charge in [-0.25, -0.2) is 13.8 Å². The third-order valence-corrected chi connectivity index (χ3v) is 4.85. The minimum Gasteiger partial charge on any atom is -0.330 e. The lowest BCUT2D eigenvalue weighted by Crippen LogP contribution is -2.23. The second kappa shape index (κ2) is 3.96. The summed E-state index contributed by atoms with van der Waals surface area (Å²) < 4.78 is 27.6. The first kappa shape index (κ1) is 12.0. The molecule has 1 aromatic carbocycles. The number of para-hydroxylation sites is 1. The molecule has 0 radical (unpaired) electrons. The quantitative estimate of drug-likeness (QED) is 0.924. The van der Waals surface area contributed by atoms with Crippen molar-refractivity contribution in [3.63, 3.8) is 0 Å². The van der Waals surface area contributed by atoms with Gasteiger partial charge in [0.05, 0.1) is 20.6 Å². The molecule has 3 rings (SSSR count). The predicted molar refractivity (Wildman–Crippen MR) is 69.0 cm³/mol. The zero-order valence-electron chi connectivity index (χ0n) is 9.83. The van der Waals surface area contributed by atoms with Crippen LogP contribution in [0, 0.1) is 5.41 Å². The van der Waals surface area contributed by atoms with E-state index in [1.54, 1.807) is 11.3 Å². The van der Waals surface area contributed by atoms with Crippen molar-refractivity contribution in [1.29, 1.82) is 0 Å². The summed E-state index contributed by atoms with van der Waals surface area (Å²) in [5.41, 5.74) is 5.47. The Kier molecular flexibility index (Phi) is 2.64. The van der Waals surface area contributed by atoms with Crippen LogP contribution in [-0.2, 0) is 6.42 Å². The van der Waals surface area contributed by atoms with Gasteiger partial charge in [0.25, 0.3) is 5.92 Å². The molecule has 1 unspecified atom stereocenters. The van der Waals surface area contributed by atoms with Crippen LogP contribution in [0.15, 0.2) is 24.3 Å². The van der Waals surface area contributed by atoms with Crippen LogP contribution in [-0.4, -0.2) is 17.5 Å². The maximum Gasteiger partial charge on any atom is 0.255 e. The lowest BCUT2D eigenvalue weighted by atomic mass is 10.00. The number of benzene rings is 1. The van der Waals surface area contributed by atoms with E-state index in [2.05, 4.69) is 4.98 Å². The number of alkyl halides is 2. The van der Waals surface area contributed by atoms with Crippen LogP contribution in [0.2, 0.25) is 0 Å². The van der Waals surface area contributed by atoms with E-state index in [1.165, 1.54) is 0 Å². The molecule has 18 heavy (non-hydrogen) atoms. The van der Waals surface area contributed by atoms with E-state index in [4.69, 9.17) is 5.73 Å². The van der Waals surface area contributed by atoms with E-state index in [0.29, 0.717) is 12.8 Å². The van der Waals surface area contributed by atoms with Gasteiger partial charge in [0.1, 0.15) is 0 Å². The first-order chi connectivity index (χ1) is 8.56. The number of aromatic nitrogens is 1. The standard InChI is InChI=1S/C13H14F2N2S/c14-13(15)7-12(13,8-16)6-5-11-17-9-3-1-2-4-10(9)18-11/h1-4H,5-8,16H2. The summed E-state index contributed by atoms with van der Waals surface area (Å²) in [7, 11) is 0. The Hall–Kier alpha value is -1.07. The number of aryl methyl sites for hydroxylation is 1. The van der Waals surface area contributed by atoms with Crippen molar-refractivity contribution < 1.29 is 8.78 Å². The highest BCUT2D eigenvalue weighted by Gasteiger charge is 2.69. The zero-order valence-corrected chi connectivity index (χ0v) is 10.6. The van der Waals surface area contributed by atoms with Crippen LogP contribution in [0.25, 0.3) is 10.2 Å². The van der Waals surface area contributed by atoms with Crippen LogP contribution in [0.3, 0.4) is 0 Å². The second-order valence-electron chi connectivity index (χ2n) is 4.94. The molecule has 1 fully saturated rings. The number of hydrogen-bond donors (Lipinski definition) is 1. The van der Waals surface area contributed by atoms with Gasteiger partial charge in [-0.05, 0) is 18.6 Å². The summed E-state index contributed by atoms with van der Waals surface area (Å²) in [5, 5.41) is 0.923. The number of thiazole rings is 1. The third-order valence-electron chi connectivity index (χ3n) is 3.76. The average Bonchev–Trinajstić information content (AvgIpc) is 2.72. The smallest absolute Gasteiger partial charge is 0.255 e. The first-order valence-corrected chi connectivity index (χ1v) is 6.80. The molecule has 1 saturated carbocycles. The predicted octanol–water partition coefficient (Wildman–Crippen LogP) is 3.21. The van der Waals surface area contributed by atoms with E-state index < -0.39 is 11.3 Å². The molecule has 1 heterocycles. The van der Waals surface area contributed by atoms with Gasteiger partial charge < -0.3 is 5.73 Å². The molecule has 0 aliphatic heterocycles. The Morgan fingerprint density at radius 1 is 1.33 bits per heavy atom. The van der Waals surface area contributed by atoms with E-state index in [-0.39, 0.29) is 13.0 Å². The molecule has 5 heteroatoms. The summed E-state index contributed by atoms with van der Waals surface area (Å²) in [6.07, 6.45) is 0.948. The Balaban J connectivity index is 1.74. The summed E-state index contributed by atoms with van der Waals surface area (Å²) in [6, 6.07) is 7.84. The van der Waals surface area contributed by atoms with Gasteiger partial charge in [0.15, 0.2) is 0 Å². The van der Waals surface area contributed by atoms with E-state index in [1.807, 2.05) is 24.3 Å². The van der Waals surface area contributed by atoms with Crippen LogP contribution in [0.1, 0.15) is 17.8 Å². The highest BCUT2D eigenvalue weighted by atomic mass is 32.1. The first-order valence-electron chi connectivity index (χ1n) is 5.99. The van der Waals surface area contributed by atoms with Gasteiger partial charge in [0, 0.05) is 19.4 Å². The molecule has 0 saturated heterocycles. The van der Waals surface area contributed by atoms with Gasteiger partial charge in [-0.1, -0.05) is 12.1 Å². The fourth-order valence-electron chi connectivity index (χ4n) is 2.35. The fraction of sp³-hybridized carbons (Fsp3) is 0.462. The maximum absolute atomic E-state index is 13.3. The van der Waals surface area contributed by atoms with E-state index in [9.17, 15) is 8.78 Å². The maximum atomic E-state index is 13.3. The molecule has 1 aliphatic carbocycles. The molecule has 0 amide bonds. The molecule has 0 bridgehead atoms. The zero-order chi connectivity index (χ0) is 12.8. The Bertz CT molecular complexity index is 548. The van der Waals surface area contributed by atoms with Crippen LogP contribution >= 0.6 is 11.3 Å². The summed E-state index contributed by atoms with van der Waals surface area (Å²) in [6.45, 7) is 0.0604. The lowest BCUT2D eigenvalue weighted by Gasteiger charge is -2.11. The summed E-state index contributed by atoms with van der Waals surface area (Å²) in [5.74, 6) is -2.57. The van der Waals surface area contributed by atoms with Crippen molar-refractivity contribution >= 4 is 21.6 Å². The van der Waals surface area contributed by atoms with E-state index in [0.717, 1.165) is 15.2 Å². The minimum atomic E-state index is -2.57. The van der Waals surface area contributed by atoms with Gasteiger partial charge in [-0.3, -0.25) is 0 Å². The Morgan fingerprint density at radius 2 is 2.06 bits per heavy atom. The molecular formula is C13H14F2N2S. The molecule has 1 aromatic heterocycles. The number of halogens is 2. The van der Waals surface area contributed by atoms with Gasteiger partial charge in [-0.15, -0.1) is 11.3 Å². The average molecular weight is 268 g/mol. The van der Waals surface area contributed by atoms with Gasteiger partial charge in [0.2, 0.25) is 0 Å². The van der Waals surface area contributed by atoms with Crippen molar-refractivity contribution in [2.75, 3.05) is 6.54 Å². The monoisotopic (exact) mass is 268 g/mol. The van der Waals surface area contributed by atoms with Crippen molar-refractivity contribution in [3.8, 4) is 0 Å². The SMILES string of the molecule is NCC1(CCc2nc3ccccc3s2)CC1(F)F. The van der Waals surface area contributed by atoms with E-state index >= 15 is 0 Å². The second-order valence-corrected chi connectivity index (χ2v) is 6.06. The molecule has 2 aromatic rings. The van der Waals surface area contributed by atoms with Crippen LogP contribution in [0.4, 0.5) is 8.78 Å². The largest absolute Gasteiger partial charge is 0.330 e. The van der Waals surface area contributed by atoms with Crippen molar-refractivity contribution in [3.05, 3.63) is 29.3 Å².